The summed E-state index contributed by atoms with van der Waals surface area (Å²) >= 11 is 0. The molecule has 0 aromatic heterocycles. The summed E-state index contributed by atoms with van der Waals surface area (Å²) in [5.74, 6) is -0.728. The van der Waals surface area contributed by atoms with Gasteiger partial charge in [-0.3, -0.25) is 14.5 Å². The van der Waals surface area contributed by atoms with E-state index in [0.29, 0.717) is 31.7 Å². The number of nitrogens with one attached hydrogen (secondary N) is 2. The Hall–Kier alpha value is -3.45. The molecule has 1 unspecified atom stereocenters. The second-order valence-corrected chi connectivity index (χ2v) is 7.28. The smallest absolute Gasteiger partial charge is 0.337 e. The second kappa shape index (κ2) is 11.1. The molecular weight excluding hydrogens is 394 g/mol. The Labute approximate surface area is 182 Å². The van der Waals surface area contributed by atoms with Gasteiger partial charge >= 0.3 is 5.97 Å². The number of nitrogens with zero attached hydrogens (tertiary/aromatic N) is 1. The maximum absolute atomic E-state index is 12.5. The van der Waals surface area contributed by atoms with Crippen LogP contribution in [0.1, 0.15) is 27.9 Å². The highest BCUT2D eigenvalue weighted by atomic mass is 16.5. The highest BCUT2D eigenvalue weighted by molar-refractivity contribution is 5.89. The number of benzene rings is 2. The van der Waals surface area contributed by atoms with Crippen LogP contribution in [0, 0.1) is 0 Å². The van der Waals surface area contributed by atoms with Crippen LogP contribution in [0.4, 0.5) is 0 Å². The highest BCUT2D eigenvalue weighted by Crippen LogP contribution is 2.11. The van der Waals surface area contributed by atoms with Gasteiger partial charge in [0.15, 0.2) is 0 Å². The van der Waals surface area contributed by atoms with Gasteiger partial charge in [-0.25, -0.2) is 4.79 Å². The number of hydrogen-bond acceptors (Lipinski definition) is 5. The van der Waals surface area contributed by atoms with E-state index in [9.17, 15) is 14.4 Å². The Morgan fingerprint density at radius 3 is 2.61 bits per heavy atom. The lowest BCUT2D eigenvalue weighted by molar-refractivity contribution is -0.133. The van der Waals surface area contributed by atoms with E-state index in [1.807, 2.05) is 47.4 Å². The minimum Gasteiger partial charge on any atom is -0.465 e. The lowest BCUT2D eigenvalue weighted by atomic mass is 10.1. The van der Waals surface area contributed by atoms with E-state index < -0.39 is 12.0 Å². The number of ether oxygens (including phenoxy) is 1. The van der Waals surface area contributed by atoms with Crippen LogP contribution in [-0.2, 0) is 20.9 Å². The zero-order valence-electron chi connectivity index (χ0n) is 17.5. The van der Waals surface area contributed by atoms with Crippen molar-refractivity contribution in [3.05, 3.63) is 77.4 Å². The molecule has 1 atom stereocenters. The summed E-state index contributed by atoms with van der Waals surface area (Å²) < 4.78 is 4.68. The number of rotatable bonds is 8. The van der Waals surface area contributed by atoms with Crippen molar-refractivity contribution in [2.75, 3.05) is 26.7 Å². The van der Waals surface area contributed by atoms with E-state index in [-0.39, 0.29) is 18.2 Å². The fourth-order valence-corrected chi connectivity index (χ4v) is 3.42. The number of esters is 1. The first-order valence-electron chi connectivity index (χ1n) is 10.2. The van der Waals surface area contributed by atoms with E-state index in [1.165, 1.54) is 7.11 Å². The lowest BCUT2D eigenvalue weighted by Gasteiger charge is -2.33. The highest BCUT2D eigenvalue weighted by Gasteiger charge is 2.30. The maximum atomic E-state index is 12.5. The zero-order chi connectivity index (χ0) is 22.1. The Balaban J connectivity index is 1.52. The van der Waals surface area contributed by atoms with E-state index >= 15 is 0 Å². The Morgan fingerprint density at radius 2 is 1.90 bits per heavy atom. The van der Waals surface area contributed by atoms with Gasteiger partial charge in [0.25, 0.3) is 0 Å². The maximum Gasteiger partial charge on any atom is 0.337 e. The van der Waals surface area contributed by atoms with E-state index in [2.05, 4.69) is 15.4 Å². The van der Waals surface area contributed by atoms with Crippen LogP contribution in [0.15, 0.2) is 60.7 Å². The van der Waals surface area contributed by atoms with E-state index in [0.717, 1.165) is 11.1 Å². The molecule has 2 aromatic rings. The Kier molecular flexibility index (Phi) is 7.95. The fraction of sp³-hybridized carbons (Fsp3) is 0.292. The fourth-order valence-electron chi connectivity index (χ4n) is 3.42. The minimum atomic E-state index is -0.504. The molecular formula is C24H27N3O4. The van der Waals surface area contributed by atoms with Crippen LogP contribution < -0.4 is 10.6 Å². The molecule has 0 saturated carbocycles. The lowest BCUT2D eigenvalue weighted by Crippen LogP contribution is -2.56. The first kappa shape index (κ1) is 22.2. The third-order valence-corrected chi connectivity index (χ3v) is 5.13. The molecule has 162 valence electrons. The zero-order valence-corrected chi connectivity index (χ0v) is 17.5. The van der Waals surface area contributed by atoms with Gasteiger partial charge in [0.1, 0.15) is 0 Å². The number of methoxy groups -OCH3 is 1. The van der Waals surface area contributed by atoms with Gasteiger partial charge in [-0.2, -0.15) is 0 Å². The third-order valence-electron chi connectivity index (χ3n) is 5.13. The topological polar surface area (TPSA) is 87.7 Å². The molecule has 1 fully saturated rings. The number of piperazine rings is 1. The average Bonchev–Trinajstić information content (AvgIpc) is 2.80. The monoisotopic (exact) mass is 421 g/mol. The van der Waals surface area contributed by atoms with Crippen LogP contribution in [0.25, 0.3) is 6.08 Å². The molecule has 2 amide bonds. The molecule has 3 rings (SSSR count). The van der Waals surface area contributed by atoms with E-state index in [1.54, 1.807) is 24.3 Å². The summed E-state index contributed by atoms with van der Waals surface area (Å²) in [6, 6.07) is 16.3. The quantitative estimate of drug-likeness (QED) is 0.637. The standard InChI is InChI=1S/C24H27N3O4/c1-31-24(30)20-11-9-19(10-12-20)17-26-22(28)16-21-23(29)25-13-15-27(21)14-5-8-18-6-3-2-4-7-18/h2-12,21H,13-17H2,1H3,(H,25,29)(H,26,28)/b8-5+. The van der Waals surface area contributed by atoms with Gasteiger partial charge < -0.3 is 15.4 Å². The van der Waals surface area contributed by atoms with Gasteiger partial charge in [-0.1, -0.05) is 54.6 Å². The van der Waals surface area contributed by atoms with Gasteiger partial charge in [-0.05, 0) is 23.3 Å². The molecule has 1 aliphatic heterocycles. The number of hydrogen-bond donors (Lipinski definition) is 2. The summed E-state index contributed by atoms with van der Waals surface area (Å²) in [4.78, 5) is 38.4. The van der Waals surface area contributed by atoms with Crippen molar-refractivity contribution in [3.63, 3.8) is 0 Å². The first-order chi connectivity index (χ1) is 15.1. The number of carbonyl (C=O) groups excluding carboxylic acids is 3. The summed E-state index contributed by atoms with van der Waals surface area (Å²) in [7, 11) is 1.33. The normalized spacial score (nSPS) is 16.7. The number of amides is 2. The van der Waals surface area contributed by atoms with Crippen molar-refractivity contribution in [1.82, 2.24) is 15.5 Å². The largest absolute Gasteiger partial charge is 0.465 e. The Bertz CT molecular complexity index is 926. The molecule has 31 heavy (non-hydrogen) atoms. The molecule has 7 heteroatoms. The van der Waals surface area contributed by atoms with E-state index in [4.69, 9.17) is 0 Å². The molecule has 1 aliphatic rings. The molecule has 1 heterocycles. The van der Waals surface area contributed by atoms with Crippen molar-refractivity contribution < 1.29 is 19.1 Å². The molecule has 0 aliphatic carbocycles. The van der Waals surface area contributed by atoms with Gasteiger partial charge in [0, 0.05) is 26.2 Å². The van der Waals surface area contributed by atoms with Gasteiger partial charge in [0.2, 0.25) is 11.8 Å². The van der Waals surface area contributed by atoms with Crippen LogP contribution in [0.5, 0.6) is 0 Å². The van der Waals surface area contributed by atoms with Crippen molar-refractivity contribution in [1.29, 1.82) is 0 Å². The SMILES string of the molecule is COC(=O)c1ccc(CNC(=O)CC2C(=O)NCCN2C/C=C/c2ccccc2)cc1. The molecule has 0 radical (unpaired) electrons. The average molecular weight is 421 g/mol. The first-order valence-corrected chi connectivity index (χ1v) is 10.2. The second-order valence-electron chi connectivity index (χ2n) is 7.28. The van der Waals surface area contributed by atoms with Crippen molar-refractivity contribution in [3.8, 4) is 0 Å². The third kappa shape index (κ3) is 6.52. The van der Waals surface area contributed by atoms with Crippen LogP contribution >= 0.6 is 0 Å². The van der Waals surface area contributed by atoms with Crippen LogP contribution in [0.2, 0.25) is 0 Å². The van der Waals surface area contributed by atoms with Crippen molar-refractivity contribution >= 4 is 23.9 Å². The molecule has 0 bridgehead atoms. The van der Waals surface area contributed by atoms with Crippen LogP contribution in [0.3, 0.4) is 0 Å². The Morgan fingerprint density at radius 1 is 1.16 bits per heavy atom. The minimum absolute atomic E-state index is 0.0885. The van der Waals surface area contributed by atoms with Gasteiger partial charge in [-0.15, -0.1) is 0 Å². The predicted octanol–water partition coefficient (Wildman–Crippen LogP) is 1.99. The predicted molar refractivity (Wildman–Crippen MR) is 118 cm³/mol. The van der Waals surface area contributed by atoms with Crippen LogP contribution in [-0.4, -0.2) is 55.5 Å². The van der Waals surface area contributed by atoms with Crippen molar-refractivity contribution in [2.45, 2.75) is 19.0 Å². The summed E-state index contributed by atoms with van der Waals surface area (Å²) in [5, 5.41) is 5.70. The van der Waals surface area contributed by atoms with Gasteiger partial charge in [0.05, 0.1) is 25.1 Å². The summed E-state index contributed by atoms with van der Waals surface area (Å²) in [6.45, 7) is 2.18. The molecule has 7 nitrogen and oxygen atoms in total. The molecule has 0 spiro atoms. The summed E-state index contributed by atoms with van der Waals surface area (Å²) in [6.07, 6.45) is 4.12. The molecule has 2 aromatic carbocycles. The number of carbonyl (C=O) groups is 3. The molecule has 2 N–H and O–H groups in total. The molecule has 1 saturated heterocycles. The van der Waals surface area contributed by atoms with Crippen molar-refractivity contribution in [2.24, 2.45) is 0 Å². The summed E-state index contributed by atoms with van der Waals surface area (Å²) in [5.41, 5.74) is 2.41.